The van der Waals surface area contributed by atoms with Crippen molar-refractivity contribution in [1.82, 2.24) is 5.32 Å². The van der Waals surface area contributed by atoms with Crippen LogP contribution in [0.3, 0.4) is 0 Å². The van der Waals surface area contributed by atoms with Gasteiger partial charge in [0.25, 0.3) is 11.8 Å². The molecule has 0 spiro atoms. The van der Waals surface area contributed by atoms with Gasteiger partial charge in [-0.25, -0.2) is 0 Å². The van der Waals surface area contributed by atoms with Crippen LogP contribution in [0.15, 0.2) is 54.6 Å². The number of likely N-dealkylation sites (N-methyl/N-ethyl adjacent to an activating group) is 1. The number of hydrogen-bond acceptors (Lipinski definition) is 5. The molecular formula is C22H26N2O5. The van der Waals surface area contributed by atoms with Crippen LogP contribution < -0.4 is 15.0 Å². The molecule has 0 aromatic heterocycles. The molecule has 0 heterocycles. The highest BCUT2D eigenvalue weighted by Crippen LogP contribution is 2.18. The van der Waals surface area contributed by atoms with Gasteiger partial charge < -0.3 is 19.7 Å². The zero-order chi connectivity index (χ0) is 21.2. The summed E-state index contributed by atoms with van der Waals surface area (Å²) in [6.45, 7) is 5.68. The van der Waals surface area contributed by atoms with Crippen LogP contribution in [0.5, 0.6) is 5.75 Å². The van der Waals surface area contributed by atoms with Crippen molar-refractivity contribution in [2.75, 3.05) is 24.6 Å². The van der Waals surface area contributed by atoms with Gasteiger partial charge in [-0.15, -0.1) is 0 Å². The van der Waals surface area contributed by atoms with Gasteiger partial charge in [-0.1, -0.05) is 30.3 Å². The van der Waals surface area contributed by atoms with E-state index in [1.807, 2.05) is 44.2 Å². The predicted molar refractivity (Wildman–Crippen MR) is 110 cm³/mol. The van der Waals surface area contributed by atoms with E-state index in [1.54, 1.807) is 24.3 Å². The molecule has 0 aliphatic carbocycles. The first-order valence-electron chi connectivity index (χ1n) is 9.53. The molecule has 2 aromatic carbocycles. The van der Waals surface area contributed by atoms with E-state index in [2.05, 4.69) is 5.32 Å². The third-order valence-electron chi connectivity index (χ3n) is 4.13. The van der Waals surface area contributed by atoms with Crippen molar-refractivity contribution in [2.45, 2.75) is 26.9 Å². The summed E-state index contributed by atoms with van der Waals surface area (Å²) in [6, 6.07) is 15.9. The number of carbonyl (C=O) groups excluding carboxylic acids is 3. The van der Waals surface area contributed by atoms with Crippen molar-refractivity contribution in [3.63, 3.8) is 0 Å². The summed E-state index contributed by atoms with van der Waals surface area (Å²) in [6.07, 6.45) is -0.977. The normalized spacial score (nSPS) is 11.3. The molecular weight excluding hydrogens is 372 g/mol. The standard InChI is InChI=1S/C22H26N2O5/c1-4-24(17-11-7-6-8-12-17)22(27)16(3)29-20(25)15-23-21(26)18-13-9-10-14-19(18)28-5-2/h6-14,16H,4-5,15H2,1-3H3,(H,23,26)/t16-/m1/s1. The average molecular weight is 398 g/mol. The van der Waals surface area contributed by atoms with Crippen LogP contribution in [0.25, 0.3) is 0 Å². The van der Waals surface area contributed by atoms with E-state index in [9.17, 15) is 14.4 Å². The lowest BCUT2D eigenvalue weighted by molar-refractivity contribution is -0.152. The van der Waals surface area contributed by atoms with E-state index in [0.29, 0.717) is 24.5 Å². The Labute approximate surface area is 170 Å². The van der Waals surface area contributed by atoms with E-state index < -0.39 is 18.0 Å². The summed E-state index contributed by atoms with van der Waals surface area (Å²) < 4.78 is 10.6. The zero-order valence-electron chi connectivity index (χ0n) is 16.9. The maximum Gasteiger partial charge on any atom is 0.326 e. The number of carbonyl (C=O) groups is 3. The monoisotopic (exact) mass is 398 g/mol. The molecule has 7 nitrogen and oxygen atoms in total. The minimum absolute atomic E-state index is 0.326. The number of nitrogens with one attached hydrogen (secondary N) is 1. The Kier molecular flexibility index (Phi) is 8.21. The first kappa shape index (κ1) is 21.9. The van der Waals surface area contributed by atoms with E-state index in [4.69, 9.17) is 9.47 Å². The Hall–Kier alpha value is -3.35. The molecule has 0 unspecified atom stereocenters. The maximum atomic E-state index is 12.6. The van der Waals surface area contributed by atoms with Gasteiger partial charge in [0.05, 0.1) is 12.2 Å². The van der Waals surface area contributed by atoms with Crippen LogP contribution in [0, 0.1) is 0 Å². The second-order valence-electron chi connectivity index (χ2n) is 6.16. The van der Waals surface area contributed by atoms with E-state index >= 15 is 0 Å². The van der Waals surface area contributed by atoms with Crippen molar-refractivity contribution in [2.24, 2.45) is 0 Å². The molecule has 0 fully saturated rings. The summed E-state index contributed by atoms with van der Waals surface area (Å²) >= 11 is 0. The lowest BCUT2D eigenvalue weighted by atomic mass is 10.2. The Morgan fingerprint density at radius 3 is 2.31 bits per heavy atom. The first-order valence-corrected chi connectivity index (χ1v) is 9.53. The van der Waals surface area contributed by atoms with E-state index in [1.165, 1.54) is 11.8 Å². The van der Waals surface area contributed by atoms with Gasteiger partial charge >= 0.3 is 5.97 Å². The minimum atomic E-state index is -0.977. The van der Waals surface area contributed by atoms with Crippen molar-refractivity contribution >= 4 is 23.5 Å². The van der Waals surface area contributed by atoms with Crippen molar-refractivity contribution in [3.05, 3.63) is 60.2 Å². The molecule has 2 amide bonds. The number of benzene rings is 2. The van der Waals surface area contributed by atoms with Crippen LogP contribution in [0.1, 0.15) is 31.1 Å². The SMILES string of the molecule is CCOc1ccccc1C(=O)NCC(=O)O[C@H](C)C(=O)N(CC)c1ccccc1. The lowest BCUT2D eigenvalue weighted by Gasteiger charge is -2.24. The van der Waals surface area contributed by atoms with Crippen molar-refractivity contribution < 1.29 is 23.9 Å². The highest BCUT2D eigenvalue weighted by atomic mass is 16.5. The molecule has 7 heteroatoms. The number of rotatable bonds is 9. The molecule has 0 aliphatic heterocycles. The van der Waals surface area contributed by atoms with Gasteiger partial charge in [0.2, 0.25) is 0 Å². The number of ether oxygens (including phenoxy) is 2. The Morgan fingerprint density at radius 1 is 1.00 bits per heavy atom. The summed E-state index contributed by atoms with van der Waals surface area (Å²) in [5.74, 6) is -1.05. The Morgan fingerprint density at radius 2 is 1.66 bits per heavy atom. The van der Waals surface area contributed by atoms with E-state index in [0.717, 1.165) is 5.69 Å². The largest absolute Gasteiger partial charge is 0.493 e. The zero-order valence-corrected chi connectivity index (χ0v) is 16.9. The molecule has 0 saturated carbocycles. The molecule has 1 N–H and O–H groups in total. The number of nitrogens with zero attached hydrogens (tertiary/aromatic N) is 1. The molecule has 29 heavy (non-hydrogen) atoms. The summed E-state index contributed by atoms with van der Waals surface area (Å²) in [4.78, 5) is 38.6. The topological polar surface area (TPSA) is 84.9 Å². The minimum Gasteiger partial charge on any atom is -0.493 e. The highest BCUT2D eigenvalue weighted by Gasteiger charge is 2.24. The quantitative estimate of drug-likeness (QED) is 0.657. The van der Waals surface area contributed by atoms with Gasteiger partial charge in [-0.2, -0.15) is 0 Å². The highest BCUT2D eigenvalue weighted by molar-refractivity contribution is 5.99. The molecule has 0 radical (unpaired) electrons. The average Bonchev–Trinajstić information content (AvgIpc) is 2.74. The van der Waals surface area contributed by atoms with Gasteiger partial charge in [-0.3, -0.25) is 14.4 Å². The van der Waals surface area contributed by atoms with Gasteiger partial charge in [0.15, 0.2) is 6.10 Å². The summed E-state index contributed by atoms with van der Waals surface area (Å²) in [5.41, 5.74) is 1.05. The maximum absolute atomic E-state index is 12.6. The number of amides is 2. The predicted octanol–water partition coefficient (Wildman–Crippen LogP) is 2.80. The fraction of sp³-hybridized carbons (Fsp3) is 0.318. The fourth-order valence-corrected chi connectivity index (χ4v) is 2.77. The van der Waals surface area contributed by atoms with Crippen LogP contribution in [-0.4, -0.2) is 43.6 Å². The second kappa shape index (κ2) is 10.8. The smallest absolute Gasteiger partial charge is 0.326 e. The van der Waals surface area contributed by atoms with Gasteiger partial charge in [0.1, 0.15) is 12.3 Å². The summed E-state index contributed by atoms with van der Waals surface area (Å²) in [5, 5.41) is 2.50. The number of anilines is 1. The number of hydrogen-bond donors (Lipinski definition) is 1. The van der Waals surface area contributed by atoms with Crippen LogP contribution >= 0.6 is 0 Å². The molecule has 1 atom stereocenters. The number of para-hydroxylation sites is 2. The molecule has 2 rings (SSSR count). The van der Waals surface area contributed by atoms with Crippen molar-refractivity contribution in [3.8, 4) is 5.75 Å². The molecule has 0 aliphatic rings. The summed E-state index contributed by atoms with van der Waals surface area (Å²) in [7, 11) is 0. The molecule has 0 bridgehead atoms. The van der Waals surface area contributed by atoms with Gasteiger partial charge in [0, 0.05) is 12.2 Å². The van der Waals surface area contributed by atoms with Gasteiger partial charge in [-0.05, 0) is 45.0 Å². The Bertz CT molecular complexity index is 838. The lowest BCUT2D eigenvalue weighted by Crippen LogP contribution is -2.41. The fourth-order valence-electron chi connectivity index (χ4n) is 2.77. The van der Waals surface area contributed by atoms with Crippen LogP contribution in [0.4, 0.5) is 5.69 Å². The van der Waals surface area contributed by atoms with E-state index in [-0.39, 0.29) is 12.5 Å². The third-order valence-corrected chi connectivity index (χ3v) is 4.13. The molecule has 154 valence electrons. The first-order chi connectivity index (χ1) is 14.0. The van der Waals surface area contributed by atoms with Crippen LogP contribution in [0.2, 0.25) is 0 Å². The Balaban J connectivity index is 1.91. The molecule has 0 saturated heterocycles. The second-order valence-corrected chi connectivity index (χ2v) is 6.16. The third kappa shape index (κ3) is 6.07. The van der Waals surface area contributed by atoms with Crippen LogP contribution in [-0.2, 0) is 14.3 Å². The van der Waals surface area contributed by atoms with Crippen molar-refractivity contribution in [1.29, 1.82) is 0 Å². The molecule has 2 aromatic rings. The number of esters is 1.